The van der Waals surface area contributed by atoms with Crippen LogP contribution in [-0.2, 0) is 0 Å². The first-order valence-corrected chi connectivity index (χ1v) is 9.69. The molecule has 2 saturated heterocycles. The van der Waals surface area contributed by atoms with Crippen LogP contribution < -0.4 is 5.32 Å². The fourth-order valence-corrected chi connectivity index (χ4v) is 5.12. The van der Waals surface area contributed by atoms with Crippen molar-refractivity contribution < 1.29 is 9.18 Å². The minimum atomic E-state index is -0.254. The third-order valence-corrected chi connectivity index (χ3v) is 6.39. The number of hydrogen-bond acceptors (Lipinski definition) is 4. The zero-order chi connectivity index (χ0) is 17.7. The number of rotatable bonds is 2. The average Bonchev–Trinajstić information content (AvgIpc) is 3.35. The molecule has 3 heterocycles. The zero-order valence-electron chi connectivity index (χ0n) is 14.5. The highest BCUT2D eigenvalue weighted by Crippen LogP contribution is 2.43. The van der Waals surface area contributed by atoms with Crippen LogP contribution in [0.1, 0.15) is 22.0 Å². The van der Waals surface area contributed by atoms with Crippen molar-refractivity contribution in [3.8, 4) is 0 Å². The highest BCUT2D eigenvalue weighted by Gasteiger charge is 2.46. The smallest absolute Gasteiger partial charge is 0.254 e. The molecule has 7 heteroatoms. The zero-order valence-corrected chi connectivity index (χ0v) is 16.1. The normalized spacial score (nSPS) is 24.0. The number of likely N-dealkylation sites (tertiary alicyclic amines) is 1. The molecule has 0 unspecified atom stereocenters. The molecule has 1 N–H and O–H groups in total. The van der Waals surface area contributed by atoms with E-state index in [0.29, 0.717) is 23.9 Å². The van der Waals surface area contributed by atoms with E-state index in [9.17, 15) is 9.18 Å². The number of halogens is 2. The van der Waals surface area contributed by atoms with Crippen LogP contribution in [0.2, 0.25) is 0 Å². The summed E-state index contributed by atoms with van der Waals surface area (Å²) in [7, 11) is 0. The highest BCUT2D eigenvalue weighted by atomic mass is 35.5. The lowest BCUT2D eigenvalue weighted by Gasteiger charge is -2.28. The van der Waals surface area contributed by atoms with Gasteiger partial charge in [-0.3, -0.25) is 4.79 Å². The Kier molecular flexibility index (Phi) is 4.88. The molecule has 140 valence electrons. The minimum Gasteiger partial charge on any atom is -0.331 e. The van der Waals surface area contributed by atoms with Crippen molar-refractivity contribution in [1.82, 2.24) is 15.2 Å². The van der Waals surface area contributed by atoms with E-state index in [1.54, 1.807) is 17.6 Å². The van der Waals surface area contributed by atoms with Crippen LogP contribution in [-0.4, -0.2) is 35.4 Å². The van der Waals surface area contributed by atoms with Crippen molar-refractivity contribution in [2.75, 3.05) is 19.6 Å². The van der Waals surface area contributed by atoms with Crippen molar-refractivity contribution in [3.05, 3.63) is 64.9 Å². The first kappa shape index (κ1) is 18.3. The summed E-state index contributed by atoms with van der Waals surface area (Å²) in [5, 5.41) is 3.42. The van der Waals surface area contributed by atoms with Gasteiger partial charge in [0.1, 0.15) is 5.82 Å². The number of aromatic nitrogens is 1. The molecule has 1 aromatic heterocycles. The van der Waals surface area contributed by atoms with Crippen LogP contribution in [0.5, 0.6) is 0 Å². The van der Waals surface area contributed by atoms with E-state index in [-0.39, 0.29) is 30.2 Å². The largest absolute Gasteiger partial charge is 0.331 e. The van der Waals surface area contributed by atoms with E-state index in [1.807, 2.05) is 29.2 Å². The lowest BCUT2D eigenvalue weighted by Crippen LogP contribution is -2.34. The summed E-state index contributed by atoms with van der Waals surface area (Å²) in [5.41, 5.74) is 4.26. The second kappa shape index (κ2) is 7.19. The van der Waals surface area contributed by atoms with Crippen molar-refractivity contribution in [2.45, 2.75) is 6.04 Å². The van der Waals surface area contributed by atoms with Crippen LogP contribution in [0.3, 0.4) is 0 Å². The SMILES string of the molecule is Cl.O=C(c1ccc2ncsc2c1)N1C[C@@H]2CNC[C@@H]2[C@H]1c1cccc(F)c1. The van der Waals surface area contributed by atoms with Gasteiger partial charge in [-0.05, 0) is 41.8 Å². The summed E-state index contributed by atoms with van der Waals surface area (Å²) >= 11 is 1.54. The second-order valence-corrected chi connectivity index (χ2v) is 7.96. The molecule has 0 aliphatic carbocycles. The number of nitrogens with one attached hydrogen (secondary N) is 1. The maximum Gasteiger partial charge on any atom is 0.254 e. The van der Waals surface area contributed by atoms with Gasteiger partial charge < -0.3 is 10.2 Å². The van der Waals surface area contributed by atoms with E-state index in [2.05, 4.69) is 10.3 Å². The number of nitrogens with zero attached hydrogens (tertiary/aromatic N) is 2. The molecule has 2 aliphatic heterocycles. The average molecular weight is 404 g/mol. The van der Waals surface area contributed by atoms with Gasteiger partial charge in [0, 0.05) is 31.1 Å². The molecule has 4 nitrogen and oxygen atoms in total. The van der Waals surface area contributed by atoms with Gasteiger partial charge in [0.25, 0.3) is 5.91 Å². The van der Waals surface area contributed by atoms with Crippen molar-refractivity contribution in [3.63, 3.8) is 0 Å². The molecule has 2 aromatic carbocycles. The van der Waals surface area contributed by atoms with E-state index < -0.39 is 0 Å². The number of carbonyl (C=O) groups is 1. The molecular formula is C20H19ClFN3OS. The van der Waals surface area contributed by atoms with Gasteiger partial charge in [-0.25, -0.2) is 9.37 Å². The standard InChI is InChI=1S/C20H18FN3OS.ClH/c21-15-3-1-2-12(6-15)19-16-9-22-8-14(16)10-24(19)20(25)13-4-5-17-18(7-13)26-11-23-17;/h1-7,11,14,16,19,22H,8-10H2;1H/t14-,16-,19+;/m0./s1. The number of fused-ring (bicyclic) bond motifs is 2. The topological polar surface area (TPSA) is 45.2 Å². The Morgan fingerprint density at radius 2 is 2.11 bits per heavy atom. The van der Waals surface area contributed by atoms with Crippen LogP contribution in [0, 0.1) is 17.7 Å². The maximum absolute atomic E-state index is 13.8. The van der Waals surface area contributed by atoms with Crippen molar-refractivity contribution >= 4 is 39.9 Å². The number of carbonyl (C=O) groups excluding carboxylic acids is 1. The van der Waals surface area contributed by atoms with Gasteiger partial charge in [0.2, 0.25) is 0 Å². The number of amides is 1. The fraction of sp³-hybridized carbons (Fsp3) is 0.300. The summed E-state index contributed by atoms with van der Waals surface area (Å²) in [5.74, 6) is 0.506. The maximum atomic E-state index is 13.8. The molecule has 0 radical (unpaired) electrons. The van der Waals surface area contributed by atoms with Gasteiger partial charge in [-0.2, -0.15) is 0 Å². The summed E-state index contributed by atoms with van der Waals surface area (Å²) in [4.78, 5) is 19.5. The summed E-state index contributed by atoms with van der Waals surface area (Å²) in [6, 6.07) is 12.3. The molecule has 0 spiro atoms. The van der Waals surface area contributed by atoms with E-state index in [1.165, 1.54) is 17.4 Å². The monoisotopic (exact) mass is 403 g/mol. The molecule has 0 bridgehead atoms. The molecule has 3 atom stereocenters. The van der Waals surface area contributed by atoms with E-state index in [4.69, 9.17) is 0 Å². The Morgan fingerprint density at radius 1 is 1.22 bits per heavy atom. The van der Waals surface area contributed by atoms with E-state index in [0.717, 1.165) is 28.9 Å². The predicted octanol–water partition coefficient (Wildman–Crippen LogP) is 3.89. The third-order valence-electron chi connectivity index (χ3n) is 5.59. The lowest BCUT2D eigenvalue weighted by atomic mass is 9.89. The van der Waals surface area contributed by atoms with Crippen molar-refractivity contribution in [2.24, 2.45) is 11.8 Å². The Bertz CT molecular complexity index is 994. The Balaban J connectivity index is 0.00000180. The summed E-state index contributed by atoms with van der Waals surface area (Å²) in [6.07, 6.45) is 0. The fourth-order valence-electron chi connectivity index (χ4n) is 4.40. The van der Waals surface area contributed by atoms with Gasteiger partial charge in [0.15, 0.2) is 0 Å². The Morgan fingerprint density at radius 3 is 2.96 bits per heavy atom. The number of thiazole rings is 1. The Labute approximate surface area is 166 Å². The van der Waals surface area contributed by atoms with Gasteiger partial charge >= 0.3 is 0 Å². The summed E-state index contributed by atoms with van der Waals surface area (Å²) < 4.78 is 14.8. The number of benzene rings is 2. The molecule has 27 heavy (non-hydrogen) atoms. The van der Waals surface area contributed by atoms with Crippen LogP contribution in [0.15, 0.2) is 48.0 Å². The van der Waals surface area contributed by atoms with Crippen molar-refractivity contribution in [1.29, 1.82) is 0 Å². The number of hydrogen-bond donors (Lipinski definition) is 1. The molecule has 5 rings (SSSR count). The predicted molar refractivity (Wildman–Crippen MR) is 107 cm³/mol. The summed E-state index contributed by atoms with van der Waals surface area (Å²) in [6.45, 7) is 2.48. The quantitative estimate of drug-likeness (QED) is 0.706. The molecule has 1 amide bonds. The van der Waals surface area contributed by atoms with Gasteiger partial charge in [-0.15, -0.1) is 23.7 Å². The molecule has 3 aromatic rings. The van der Waals surface area contributed by atoms with Crippen LogP contribution in [0.4, 0.5) is 4.39 Å². The van der Waals surface area contributed by atoms with E-state index >= 15 is 0 Å². The minimum absolute atomic E-state index is 0. The highest BCUT2D eigenvalue weighted by molar-refractivity contribution is 7.16. The molecule has 0 saturated carbocycles. The first-order chi connectivity index (χ1) is 12.7. The Hall–Kier alpha value is -2.02. The van der Waals surface area contributed by atoms with Crippen LogP contribution >= 0.6 is 23.7 Å². The van der Waals surface area contributed by atoms with Gasteiger partial charge in [-0.1, -0.05) is 12.1 Å². The molecule has 2 fully saturated rings. The molecular weight excluding hydrogens is 385 g/mol. The lowest BCUT2D eigenvalue weighted by molar-refractivity contribution is 0.0714. The van der Waals surface area contributed by atoms with Crippen LogP contribution in [0.25, 0.3) is 10.2 Å². The third kappa shape index (κ3) is 3.12. The van der Waals surface area contributed by atoms with Gasteiger partial charge in [0.05, 0.1) is 21.8 Å². The second-order valence-electron chi connectivity index (χ2n) is 7.07. The molecule has 2 aliphatic rings. The first-order valence-electron chi connectivity index (χ1n) is 8.81.